The van der Waals surface area contributed by atoms with Crippen molar-refractivity contribution in [2.75, 3.05) is 6.54 Å². The van der Waals surface area contributed by atoms with E-state index in [-0.39, 0.29) is 22.8 Å². The van der Waals surface area contributed by atoms with Crippen molar-refractivity contribution in [1.82, 2.24) is 4.72 Å². The molecule has 0 bridgehead atoms. The van der Waals surface area contributed by atoms with E-state index in [0.717, 1.165) is 24.3 Å². The summed E-state index contributed by atoms with van der Waals surface area (Å²) in [6, 6.07) is 9.76. The average Bonchev–Trinajstić information content (AvgIpc) is 2.59. The summed E-state index contributed by atoms with van der Waals surface area (Å²) in [5.74, 6) is -1.51. The van der Waals surface area contributed by atoms with Gasteiger partial charge in [0.1, 0.15) is 19.0 Å². The molecule has 0 spiro atoms. The van der Waals surface area contributed by atoms with E-state index >= 15 is 0 Å². The van der Waals surface area contributed by atoms with Crippen LogP contribution in [-0.2, 0) is 26.2 Å². The van der Waals surface area contributed by atoms with Crippen molar-refractivity contribution in [3.05, 3.63) is 70.0 Å². The number of ether oxygens (including phenoxy) is 1. The molecule has 0 saturated heterocycles. The lowest BCUT2D eigenvalue weighted by atomic mass is 10.2. The number of nitro benzene ring substituents is 1. The van der Waals surface area contributed by atoms with Gasteiger partial charge in [0.15, 0.2) is 0 Å². The number of sulfonamides is 1. The van der Waals surface area contributed by atoms with Crippen LogP contribution in [0.1, 0.15) is 5.56 Å². The topological polar surface area (TPSA) is 116 Å². The third kappa shape index (κ3) is 5.06. The van der Waals surface area contributed by atoms with Crippen LogP contribution in [0.25, 0.3) is 0 Å². The fourth-order valence-corrected chi connectivity index (χ4v) is 2.84. The fraction of sp³-hybridized carbons (Fsp3) is 0.133. The van der Waals surface area contributed by atoms with Crippen LogP contribution in [0.15, 0.2) is 53.4 Å². The number of carbonyl (C=O) groups is 1. The highest BCUT2D eigenvalue weighted by molar-refractivity contribution is 7.89. The van der Waals surface area contributed by atoms with Gasteiger partial charge in [0.25, 0.3) is 5.69 Å². The summed E-state index contributed by atoms with van der Waals surface area (Å²) in [6.07, 6.45) is 0. The van der Waals surface area contributed by atoms with Crippen LogP contribution >= 0.6 is 0 Å². The Balaban J connectivity index is 1.93. The van der Waals surface area contributed by atoms with Crippen LogP contribution < -0.4 is 4.72 Å². The zero-order chi connectivity index (χ0) is 18.4. The molecule has 0 heterocycles. The van der Waals surface area contributed by atoms with E-state index in [2.05, 4.69) is 0 Å². The van der Waals surface area contributed by atoms with E-state index in [1.807, 2.05) is 4.72 Å². The highest BCUT2D eigenvalue weighted by Gasteiger charge is 2.18. The third-order valence-electron chi connectivity index (χ3n) is 3.11. The second kappa shape index (κ2) is 7.81. The van der Waals surface area contributed by atoms with Crippen LogP contribution in [-0.4, -0.2) is 25.9 Å². The SMILES string of the molecule is O=C(CNS(=O)(=O)c1ccc(F)cc1)OCc1ccccc1[N+](=O)[O-]. The number of nitro groups is 1. The molecule has 10 heteroatoms. The molecule has 0 aliphatic rings. The summed E-state index contributed by atoms with van der Waals surface area (Å²) < 4.78 is 43.5. The Morgan fingerprint density at radius 1 is 1.16 bits per heavy atom. The van der Waals surface area contributed by atoms with Crippen LogP contribution in [0.5, 0.6) is 0 Å². The Kier molecular flexibility index (Phi) is 5.78. The molecule has 2 rings (SSSR count). The van der Waals surface area contributed by atoms with Gasteiger partial charge in [-0.25, -0.2) is 12.8 Å². The van der Waals surface area contributed by atoms with Gasteiger partial charge in [-0.1, -0.05) is 12.1 Å². The molecule has 0 aliphatic heterocycles. The summed E-state index contributed by atoms with van der Waals surface area (Å²) in [5.41, 5.74) is -0.0237. The van der Waals surface area contributed by atoms with Crippen molar-refractivity contribution in [3.63, 3.8) is 0 Å². The quantitative estimate of drug-likeness (QED) is 0.452. The normalized spacial score (nSPS) is 11.1. The highest BCUT2D eigenvalue weighted by atomic mass is 32.2. The molecular formula is C15H13FN2O6S. The van der Waals surface area contributed by atoms with Gasteiger partial charge >= 0.3 is 5.97 Å². The molecular weight excluding hydrogens is 355 g/mol. The monoisotopic (exact) mass is 368 g/mol. The van der Waals surface area contributed by atoms with E-state index in [4.69, 9.17) is 4.74 Å². The molecule has 2 aromatic carbocycles. The molecule has 132 valence electrons. The molecule has 2 aromatic rings. The summed E-state index contributed by atoms with van der Waals surface area (Å²) >= 11 is 0. The first kappa shape index (κ1) is 18.5. The van der Waals surface area contributed by atoms with Crippen LogP contribution in [0.4, 0.5) is 10.1 Å². The molecule has 0 atom stereocenters. The van der Waals surface area contributed by atoms with Crippen molar-refractivity contribution >= 4 is 21.7 Å². The first-order chi connectivity index (χ1) is 11.8. The molecule has 8 nitrogen and oxygen atoms in total. The van der Waals surface area contributed by atoms with Crippen molar-refractivity contribution in [3.8, 4) is 0 Å². The Morgan fingerprint density at radius 3 is 2.44 bits per heavy atom. The summed E-state index contributed by atoms with van der Waals surface area (Å²) in [6.45, 7) is -1.03. The fourth-order valence-electron chi connectivity index (χ4n) is 1.87. The van der Waals surface area contributed by atoms with Crippen LogP contribution in [0.3, 0.4) is 0 Å². The number of hydrogen-bond donors (Lipinski definition) is 1. The number of halogens is 1. The van der Waals surface area contributed by atoms with Gasteiger partial charge in [-0.3, -0.25) is 14.9 Å². The predicted octanol–water partition coefficient (Wildman–Crippen LogP) is 1.76. The molecule has 0 amide bonds. The van der Waals surface area contributed by atoms with Gasteiger partial charge < -0.3 is 4.74 Å². The molecule has 1 N–H and O–H groups in total. The van der Waals surface area contributed by atoms with Crippen LogP contribution in [0, 0.1) is 15.9 Å². The molecule has 25 heavy (non-hydrogen) atoms. The highest BCUT2D eigenvalue weighted by Crippen LogP contribution is 2.18. The predicted molar refractivity (Wildman–Crippen MR) is 84.5 cm³/mol. The van der Waals surface area contributed by atoms with E-state index in [9.17, 15) is 27.7 Å². The maximum atomic E-state index is 12.8. The Hall–Kier alpha value is -2.85. The third-order valence-corrected chi connectivity index (χ3v) is 4.52. The number of benzene rings is 2. The lowest BCUT2D eigenvalue weighted by molar-refractivity contribution is -0.385. The summed E-state index contributed by atoms with van der Waals surface area (Å²) in [7, 11) is -4.00. The van der Waals surface area contributed by atoms with Gasteiger partial charge in [0.2, 0.25) is 10.0 Å². The van der Waals surface area contributed by atoms with E-state index < -0.39 is 33.3 Å². The van der Waals surface area contributed by atoms with Crippen molar-refractivity contribution < 1.29 is 27.3 Å². The summed E-state index contributed by atoms with van der Waals surface area (Å²) in [4.78, 5) is 21.7. The molecule has 0 radical (unpaired) electrons. The zero-order valence-corrected chi connectivity index (χ0v) is 13.5. The Morgan fingerprint density at radius 2 is 1.80 bits per heavy atom. The molecule has 0 fully saturated rings. The maximum absolute atomic E-state index is 12.8. The van der Waals surface area contributed by atoms with Crippen molar-refractivity contribution in [2.24, 2.45) is 0 Å². The Bertz CT molecular complexity index is 883. The first-order valence-electron chi connectivity index (χ1n) is 6.93. The van der Waals surface area contributed by atoms with E-state index in [0.29, 0.717) is 0 Å². The smallest absolute Gasteiger partial charge is 0.321 e. The second-order valence-electron chi connectivity index (χ2n) is 4.82. The number of carbonyl (C=O) groups excluding carboxylic acids is 1. The number of hydrogen-bond acceptors (Lipinski definition) is 6. The molecule has 0 unspecified atom stereocenters. The molecule has 0 aromatic heterocycles. The minimum Gasteiger partial charge on any atom is -0.460 e. The zero-order valence-electron chi connectivity index (χ0n) is 12.7. The first-order valence-corrected chi connectivity index (χ1v) is 8.41. The number of esters is 1. The molecule has 0 saturated carbocycles. The largest absolute Gasteiger partial charge is 0.460 e. The number of nitrogens with zero attached hydrogens (tertiary/aromatic N) is 1. The van der Waals surface area contributed by atoms with Crippen molar-refractivity contribution in [1.29, 1.82) is 0 Å². The minimum atomic E-state index is -4.00. The lowest BCUT2D eigenvalue weighted by Gasteiger charge is -2.08. The maximum Gasteiger partial charge on any atom is 0.321 e. The van der Waals surface area contributed by atoms with E-state index in [1.54, 1.807) is 6.07 Å². The lowest BCUT2D eigenvalue weighted by Crippen LogP contribution is -2.30. The van der Waals surface area contributed by atoms with Gasteiger partial charge in [0.05, 0.1) is 15.4 Å². The number of para-hydroxylation sites is 1. The van der Waals surface area contributed by atoms with Gasteiger partial charge in [0, 0.05) is 6.07 Å². The minimum absolute atomic E-state index is 0.183. The second-order valence-corrected chi connectivity index (χ2v) is 6.59. The number of nitrogens with one attached hydrogen (secondary N) is 1. The van der Waals surface area contributed by atoms with Gasteiger partial charge in [-0.05, 0) is 30.3 Å². The number of rotatable bonds is 7. The standard InChI is InChI=1S/C15H13FN2O6S/c16-12-5-7-13(8-6-12)25(22,23)17-9-15(19)24-10-11-3-1-2-4-14(11)18(20)21/h1-8,17H,9-10H2. The summed E-state index contributed by atoms with van der Waals surface area (Å²) in [5, 5.41) is 10.9. The van der Waals surface area contributed by atoms with Crippen LogP contribution in [0.2, 0.25) is 0 Å². The molecule has 0 aliphatic carbocycles. The van der Waals surface area contributed by atoms with Gasteiger partial charge in [-0.2, -0.15) is 4.72 Å². The Labute approximate surface area is 142 Å². The van der Waals surface area contributed by atoms with E-state index in [1.165, 1.54) is 18.2 Å². The van der Waals surface area contributed by atoms with Gasteiger partial charge in [-0.15, -0.1) is 0 Å². The average molecular weight is 368 g/mol. The van der Waals surface area contributed by atoms with Crippen molar-refractivity contribution in [2.45, 2.75) is 11.5 Å².